The summed E-state index contributed by atoms with van der Waals surface area (Å²) >= 11 is 0. The maximum Gasteiger partial charge on any atom is 0.337 e. The Morgan fingerprint density at radius 3 is 2.27 bits per heavy atom. The van der Waals surface area contributed by atoms with Gasteiger partial charge in [-0.15, -0.1) is 12.4 Å². The molecule has 0 saturated heterocycles. The normalized spacial score (nSPS) is 12.6. The number of hydrogen-bond donors (Lipinski definition) is 2. The highest BCUT2D eigenvalue weighted by Crippen LogP contribution is 2.14. The molecule has 1 aromatic rings. The Bertz CT molecular complexity index is 577. The first-order valence-electron chi connectivity index (χ1n) is 6.35. The predicted molar refractivity (Wildman–Crippen MR) is 82.9 cm³/mol. The molecule has 9 heteroatoms. The van der Waals surface area contributed by atoms with Crippen LogP contribution >= 0.6 is 12.4 Å². The molecule has 1 aromatic carbocycles. The van der Waals surface area contributed by atoms with Crippen LogP contribution in [0.5, 0.6) is 0 Å². The van der Waals surface area contributed by atoms with E-state index < -0.39 is 21.3 Å². The van der Waals surface area contributed by atoms with E-state index in [1.54, 1.807) is 0 Å². The van der Waals surface area contributed by atoms with Gasteiger partial charge in [-0.25, -0.2) is 8.42 Å². The second kappa shape index (κ2) is 9.02. The van der Waals surface area contributed by atoms with E-state index in [4.69, 9.17) is 5.73 Å². The van der Waals surface area contributed by atoms with Crippen molar-refractivity contribution in [2.24, 2.45) is 5.73 Å². The molecule has 0 bridgehead atoms. The number of benzene rings is 1. The van der Waals surface area contributed by atoms with Gasteiger partial charge in [0.25, 0.3) is 5.91 Å². The highest BCUT2D eigenvalue weighted by atomic mass is 35.5. The first kappa shape index (κ1) is 20.8. The number of hydrogen-bond acceptors (Lipinski definition) is 4. The fourth-order valence-corrected chi connectivity index (χ4v) is 2.35. The molecule has 0 aliphatic rings. The summed E-state index contributed by atoms with van der Waals surface area (Å²) in [6.07, 6.45) is 0.635. The maximum absolute atomic E-state index is 12.2. The van der Waals surface area contributed by atoms with Gasteiger partial charge in [-0.05, 0) is 31.0 Å². The van der Waals surface area contributed by atoms with E-state index in [1.807, 2.05) is 6.92 Å². The summed E-state index contributed by atoms with van der Waals surface area (Å²) in [5.74, 6) is -4.48. The Labute approximate surface area is 134 Å². The molecule has 0 fully saturated rings. The lowest BCUT2D eigenvalue weighted by Crippen LogP contribution is -2.28. The van der Waals surface area contributed by atoms with Gasteiger partial charge in [0, 0.05) is 18.2 Å². The van der Waals surface area contributed by atoms with Gasteiger partial charge in [-0.3, -0.25) is 4.79 Å². The lowest BCUT2D eigenvalue weighted by molar-refractivity contribution is 0.0953. The highest BCUT2D eigenvalue weighted by molar-refractivity contribution is 7.90. The third-order valence-corrected chi connectivity index (χ3v) is 4.02. The van der Waals surface area contributed by atoms with Crippen molar-refractivity contribution in [3.63, 3.8) is 0 Å². The van der Waals surface area contributed by atoms with Crippen LogP contribution in [0.3, 0.4) is 0 Å². The second-order valence-electron chi connectivity index (χ2n) is 4.79. The molecule has 0 aliphatic carbocycles. The largest absolute Gasteiger partial charge is 0.352 e. The SMILES string of the molecule is CC(N)CCNC(=O)c1ccc(CS(=O)(=O)C(F)F)cc1.Cl. The molecule has 5 nitrogen and oxygen atoms in total. The third kappa shape index (κ3) is 6.67. The molecule has 0 saturated carbocycles. The summed E-state index contributed by atoms with van der Waals surface area (Å²) in [5.41, 5.74) is 6.09. The van der Waals surface area contributed by atoms with Crippen molar-refractivity contribution in [2.45, 2.75) is 30.9 Å². The van der Waals surface area contributed by atoms with E-state index >= 15 is 0 Å². The minimum atomic E-state index is -4.46. The smallest absolute Gasteiger partial charge is 0.337 e. The number of nitrogens with one attached hydrogen (secondary N) is 1. The maximum atomic E-state index is 12.2. The number of amides is 1. The van der Waals surface area contributed by atoms with E-state index in [0.29, 0.717) is 18.5 Å². The monoisotopic (exact) mass is 356 g/mol. The summed E-state index contributed by atoms with van der Waals surface area (Å²) in [7, 11) is -4.46. The molecule has 0 heterocycles. The lowest BCUT2D eigenvalue weighted by atomic mass is 10.1. The molecule has 126 valence electrons. The van der Waals surface area contributed by atoms with Gasteiger partial charge in [0.05, 0.1) is 5.75 Å². The first-order chi connectivity index (χ1) is 9.72. The van der Waals surface area contributed by atoms with Crippen LogP contribution in [-0.2, 0) is 15.6 Å². The van der Waals surface area contributed by atoms with Crippen LogP contribution in [0.15, 0.2) is 24.3 Å². The van der Waals surface area contributed by atoms with E-state index in [0.717, 1.165) is 0 Å². The van der Waals surface area contributed by atoms with Crippen LogP contribution < -0.4 is 11.1 Å². The first-order valence-corrected chi connectivity index (χ1v) is 8.06. The van der Waals surface area contributed by atoms with E-state index in [-0.39, 0.29) is 29.9 Å². The molecule has 0 aliphatic heterocycles. The predicted octanol–water partition coefficient (Wildman–Crippen LogP) is 1.71. The lowest BCUT2D eigenvalue weighted by Gasteiger charge is -2.08. The molecular formula is C13H19ClF2N2O3S. The standard InChI is InChI=1S/C13H18F2N2O3S.ClH/c1-9(16)6-7-17-12(18)11-4-2-10(3-5-11)8-21(19,20)13(14)15;/h2-5,9,13H,6-8,16H2,1H3,(H,17,18);1H. The van der Waals surface area contributed by atoms with Crippen LogP contribution in [0.25, 0.3) is 0 Å². The van der Waals surface area contributed by atoms with Crippen LogP contribution in [0.2, 0.25) is 0 Å². The summed E-state index contributed by atoms with van der Waals surface area (Å²) in [6.45, 7) is 2.25. The van der Waals surface area contributed by atoms with Crippen molar-refractivity contribution < 1.29 is 22.0 Å². The van der Waals surface area contributed by atoms with Crippen molar-refractivity contribution in [1.82, 2.24) is 5.32 Å². The van der Waals surface area contributed by atoms with Gasteiger partial charge in [0.1, 0.15) is 0 Å². The van der Waals surface area contributed by atoms with Crippen molar-refractivity contribution in [3.05, 3.63) is 35.4 Å². The number of nitrogens with two attached hydrogens (primary N) is 1. The Kier molecular flexibility index (Phi) is 8.50. The van der Waals surface area contributed by atoms with Gasteiger partial charge in [0.2, 0.25) is 9.84 Å². The molecule has 1 amide bonds. The van der Waals surface area contributed by atoms with Gasteiger partial charge >= 0.3 is 5.76 Å². The average molecular weight is 357 g/mol. The van der Waals surface area contributed by atoms with E-state index in [9.17, 15) is 22.0 Å². The number of alkyl halides is 2. The Hall–Kier alpha value is -1.25. The molecule has 1 atom stereocenters. The van der Waals surface area contributed by atoms with Crippen molar-refractivity contribution in [1.29, 1.82) is 0 Å². The average Bonchev–Trinajstić information content (AvgIpc) is 2.38. The molecule has 0 radical (unpaired) electrons. The summed E-state index contributed by atoms with van der Waals surface area (Å²) in [4.78, 5) is 11.7. The topological polar surface area (TPSA) is 89.3 Å². The van der Waals surface area contributed by atoms with E-state index in [1.165, 1.54) is 24.3 Å². The molecular weight excluding hydrogens is 338 g/mol. The quantitative estimate of drug-likeness (QED) is 0.778. The minimum Gasteiger partial charge on any atom is -0.352 e. The summed E-state index contributed by atoms with van der Waals surface area (Å²) in [5, 5.41) is 2.66. The van der Waals surface area contributed by atoms with Gasteiger partial charge in [-0.1, -0.05) is 12.1 Å². The van der Waals surface area contributed by atoms with Crippen molar-refractivity contribution in [3.8, 4) is 0 Å². The zero-order valence-electron chi connectivity index (χ0n) is 12.0. The third-order valence-electron chi connectivity index (χ3n) is 2.74. The molecule has 3 N–H and O–H groups in total. The van der Waals surface area contributed by atoms with Gasteiger partial charge < -0.3 is 11.1 Å². The van der Waals surface area contributed by atoms with Crippen molar-refractivity contribution >= 4 is 28.2 Å². The van der Waals surface area contributed by atoms with Crippen LogP contribution in [-0.4, -0.2) is 32.7 Å². The number of carbonyl (C=O) groups excluding carboxylic acids is 1. The number of rotatable bonds is 7. The van der Waals surface area contributed by atoms with Gasteiger partial charge in [-0.2, -0.15) is 8.78 Å². The molecule has 1 rings (SSSR count). The number of sulfone groups is 1. The van der Waals surface area contributed by atoms with Gasteiger partial charge in [0.15, 0.2) is 0 Å². The Balaban J connectivity index is 0.00000441. The number of carbonyl (C=O) groups is 1. The second-order valence-corrected chi connectivity index (χ2v) is 6.76. The summed E-state index contributed by atoms with van der Waals surface area (Å²) in [6, 6.07) is 5.47. The highest BCUT2D eigenvalue weighted by Gasteiger charge is 2.24. The molecule has 22 heavy (non-hydrogen) atoms. The summed E-state index contributed by atoms with van der Waals surface area (Å²) < 4.78 is 46.7. The molecule has 0 spiro atoms. The Morgan fingerprint density at radius 1 is 1.27 bits per heavy atom. The molecule has 0 aromatic heterocycles. The molecule has 1 unspecified atom stereocenters. The van der Waals surface area contributed by atoms with Crippen molar-refractivity contribution in [2.75, 3.05) is 6.54 Å². The zero-order chi connectivity index (χ0) is 16.0. The fraction of sp³-hybridized carbons (Fsp3) is 0.462. The fourth-order valence-electron chi connectivity index (χ4n) is 1.56. The zero-order valence-corrected chi connectivity index (χ0v) is 13.6. The van der Waals surface area contributed by atoms with Crippen LogP contribution in [0, 0.1) is 0 Å². The van der Waals surface area contributed by atoms with Crippen LogP contribution in [0.4, 0.5) is 8.78 Å². The Morgan fingerprint density at radius 2 is 1.82 bits per heavy atom. The van der Waals surface area contributed by atoms with Crippen LogP contribution in [0.1, 0.15) is 29.3 Å². The minimum absolute atomic E-state index is 0. The van der Waals surface area contributed by atoms with E-state index in [2.05, 4.69) is 5.32 Å². The number of halogens is 3.